The van der Waals surface area contributed by atoms with Crippen LogP contribution in [0.25, 0.3) is 4.85 Å². The highest BCUT2D eigenvalue weighted by Crippen LogP contribution is 2.20. The largest absolute Gasteiger partial charge is 0.489 e. The number of nitrogens with zero attached hydrogens (tertiary/aromatic N) is 1. The summed E-state index contributed by atoms with van der Waals surface area (Å²) in [5.74, 6) is 0.859. The molecule has 0 radical (unpaired) electrons. The first-order chi connectivity index (χ1) is 9.59. The summed E-state index contributed by atoms with van der Waals surface area (Å²) < 4.78 is 5.74. The predicted octanol–water partition coefficient (Wildman–Crippen LogP) is 4.51. The maximum absolute atomic E-state index is 7.16. The fourth-order valence-electron chi connectivity index (χ4n) is 1.98. The third kappa shape index (κ3) is 4.13. The van der Waals surface area contributed by atoms with Crippen LogP contribution < -0.4 is 4.74 Å². The molecule has 2 aromatic carbocycles. The fraction of sp³-hybridized carbons (Fsp3) is 0.278. The quantitative estimate of drug-likeness (QED) is 0.725. The average molecular weight is 265 g/mol. The lowest BCUT2D eigenvalue weighted by Crippen LogP contribution is -2.17. The van der Waals surface area contributed by atoms with Gasteiger partial charge in [0.05, 0.1) is 6.42 Å². The second kappa shape index (κ2) is 6.25. The van der Waals surface area contributed by atoms with Crippen LogP contribution in [0.1, 0.15) is 25.0 Å². The molecule has 0 aliphatic rings. The van der Waals surface area contributed by atoms with E-state index < -0.39 is 0 Å². The van der Waals surface area contributed by atoms with Gasteiger partial charge >= 0.3 is 0 Å². The Kier molecular flexibility index (Phi) is 4.42. The van der Waals surface area contributed by atoms with E-state index in [9.17, 15) is 0 Å². The van der Waals surface area contributed by atoms with Gasteiger partial charge in [-0.05, 0) is 23.3 Å². The van der Waals surface area contributed by atoms with Crippen molar-refractivity contribution in [2.75, 3.05) is 0 Å². The molecule has 0 aliphatic carbocycles. The van der Waals surface area contributed by atoms with E-state index in [0.717, 1.165) is 23.3 Å². The monoisotopic (exact) mass is 265 g/mol. The van der Waals surface area contributed by atoms with Gasteiger partial charge in [0, 0.05) is 13.8 Å². The topological polar surface area (TPSA) is 13.6 Å². The van der Waals surface area contributed by atoms with Crippen LogP contribution in [0, 0.1) is 6.57 Å². The molecule has 0 aromatic heterocycles. The zero-order valence-corrected chi connectivity index (χ0v) is 12.0. The molecule has 0 N–H and O–H groups in total. The molecule has 20 heavy (non-hydrogen) atoms. The molecule has 0 aliphatic heterocycles. The number of hydrogen-bond donors (Lipinski definition) is 0. The van der Waals surface area contributed by atoms with Crippen molar-refractivity contribution < 1.29 is 4.74 Å². The molecule has 102 valence electrons. The Morgan fingerprint density at radius 3 is 2.20 bits per heavy atom. The van der Waals surface area contributed by atoms with Gasteiger partial charge in [-0.25, -0.2) is 6.57 Å². The van der Waals surface area contributed by atoms with Gasteiger partial charge in [0.15, 0.2) is 0 Å². The van der Waals surface area contributed by atoms with E-state index in [4.69, 9.17) is 11.3 Å². The van der Waals surface area contributed by atoms with E-state index in [1.54, 1.807) is 0 Å². The molecule has 2 heteroatoms. The molecule has 0 heterocycles. The summed E-state index contributed by atoms with van der Waals surface area (Å²) in [5, 5.41) is 0. The van der Waals surface area contributed by atoms with Gasteiger partial charge in [-0.2, -0.15) is 0 Å². The average Bonchev–Trinajstić information content (AvgIpc) is 2.47. The van der Waals surface area contributed by atoms with E-state index in [2.05, 4.69) is 4.85 Å². The van der Waals surface area contributed by atoms with Crippen molar-refractivity contribution in [3.8, 4) is 5.75 Å². The smallest absolute Gasteiger partial charge is 0.231 e. The van der Waals surface area contributed by atoms with Crippen molar-refractivity contribution in [2.45, 2.75) is 32.4 Å². The SMILES string of the molecule is [C-]#[N+]C(C)(C)Cc1ccc(OCc2ccccc2)cc1. The Morgan fingerprint density at radius 2 is 1.60 bits per heavy atom. The van der Waals surface area contributed by atoms with Crippen LogP contribution >= 0.6 is 0 Å². The maximum Gasteiger partial charge on any atom is 0.231 e. The summed E-state index contributed by atoms with van der Waals surface area (Å²) in [6.45, 7) is 11.7. The fourth-order valence-corrected chi connectivity index (χ4v) is 1.98. The highest BCUT2D eigenvalue weighted by molar-refractivity contribution is 5.29. The van der Waals surface area contributed by atoms with Crippen molar-refractivity contribution in [1.29, 1.82) is 0 Å². The van der Waals surface area contributed by atoms with Gasteiger partial charge in [0.1, 0.15) is 12.4 Å². The standard InChI is InChI=1S/C18H19NO/c1-18(2,19-3)13-15-9-11-17(12-10-15)20-14-16-7-5-4-6-8-16/h4-12H,13-14H2,1-2H3. The third-order valence-corrected chi connectivity index (χ3v) is 3.11. The highest BCUT2D eigenvalue weighted by atomic mass is 16.5. The minimum Gasteiger partial charge on any atom is -0.489 e. The molecule has 0 saturated carbocycles. The highest BCUT2D eigenvalue weighted by Gasteiger charge is 2.22. The Labute approximate surface area is 120 Å². The summed E-state index contributed by atoms with van der Waals surface area (Å²) in [4.78, 5) is 3.63. The van der Waals surface area contributed by atoms with Crippen molar-refractivity contribution in [3.63, 3.8) is 0 Å². The van der Waals surface area contributed by atoms with Crippen molar-refractivity contribution >= 4 is 0 Å². The minimum atomic E-state index is -0.341. The second-order valence-electron chi connectivity index (χ2n) is 5.52. The van der Waals surface area contributed by atoms with E-state index >= 15 is 0 Å². The van der Waals surface area contributed by atoms with Crippen LogP contribution in [0.5, 0.6) is 5.75 Å². The zero-order chi connectivity index (χ0) is 14.4. The zero-order valence-electron chi connectivity index (χ0n) is 12.0. The molecular weight excluding hydrogens is 246 g/mol. The first kappa shape index (κ1) is 14.1. The Bertz CT molecular complexity index is 579. The number of benzene rings is 2. The van der Waals surface area contributed by atoms with E-state index in [0.29, 0.717) is 6.61 Å². The van der Waals surface area contributed by atoms with E-state index in [1.165, 1.54) is 0 Å². The third-order valence-electron chi connectivity index (χ3n) is 3.11. The van der Waals surface area contributed by atoms with Crippen molar-refractivity contribution in [1.82, 2.24) is 0 Å². The Balaban J connectivity index is 1.94. The molecule has 0 spiro atoms. The first-order valence-corrected chi connectivity index (χ1v) is 6.73. The van der Waals surface area contributed by atoms with Gasteiger partial charge in [-0.1, -0.05) is 42.5 Å². The van der Waals surface area contributed by atoms with Crippen LogP contribution in [-0.4, -0.2) is 5.54 Å². The minimum absolute atomic E-state index is 0.341. The predicted molar refractivity (Wildman–Crippen MR) is 81.6 cm³/mol. The van der Waals surface area contributed by atoms with E-state index in [-0.39, 0.29) is 5.54 Å². The lowest BCUT2D eigenvalue weighted by molar-refractivity contribution is 0.306. The molecule has 2 rings (SSSR count). The Hall–Kier alpha value is -2.27. The van der Waals surface area contributed by atoms with E-state index in [1.807, 2.05) is 68.4 Å². The molecule has 0 unspecified atom stereocenters. The molecular formula is C18H19NO. The summed E-state index contributed by atoms with van der Waals surface area (Å²) in [6, 6.07) is 18.1. The van der Waals surface area contributed by atoms with Crippen LogP contribution in [0.4, 0.5) is 0 Å². The van der Waals surface area contributed by atoms with Gasteiger partial charge in [0.2, 0.25) is 5.54 Å². The van der Waals surface area contributed by atoms with Crippen LogP contribution in [0.15, 0.2) is 54.6 Å². The van der Waals surface area contributed by atoms with Crippen LogP contribution in [0.3, 0.4) is 0 Å². The van der Waals surface area contributed by atoms with Crippen molar-refractivity contribution in [3.05, 3.63) is 77.1 Å². The van der Waals surface area contributed by atoms with Gasteiger partial charge in [-0.15, -0.1) is 0 Å². The molecule has 0 fully saturated rings. The summed E-state index contributed by atoms with van der Waals surface area (Å²) in [6.07, 6.45) is 0.759. The maximum atomic E-state index is 7.16. The Morgan fingerprint density at radius 1 is 0.950 bits per heavy atom. The molecule has 0 saturated heterocycles. The number of hydrogen-bond acceptors (Lipinski definition) is 1. The molecule has 0 atom stereocenters. The van der Waals surface area contributed by atoms with Gasteiger partial charge < -0.3 is 9.58 Å². The molecule has 0 amide bonds. The number of ether oxygens (including phenoxy) is 1. The van der Waals surface area contributed by atoms with Crippen LogP contribution in [0.2, 0.25) is 0 Å². The molecule has 2 nitrogen and oxygen atoms in total. The number of rotatable bonds is 5. The van der Waals surface area contributed by atoms with Gasteiger partial charge in [0.25, 0.3) is 0 Å². The van der Waals surface area contributed by atoms with Gasteiger partial charge in [-0.3, -0.25) is 0 Å². The lowest BCUT2D eigenvalue weighted by Gasteiger charge is -2.12. The normalized spacial score (nSPS) is 10.8. The first-order valence-electron chi connectivity index (χ1n) is 6.73. The van der Waals surface area contributed by atoms with Crippen molar-refractivity contribution in [2.24, 2.45) is 0 Å². The summed E-state index contributed by atoms with van der Waals surface area (Å²) in [7, 11) is 0. The molecule has 0 bridgehead atoms. The van der Waals surface area contributed by atoms with Crippen LogP contribution in [-0.2, 0) is 13.0 Å². The second-order valence-corrected chi connectivity index (χ2v) is 5.52. The summed E-state index contributed by atoms with van der Waals surface area (Å²) in [5.41, 5.74) is 1.98. The summed E-state index contributed by atoms with van der Waals surface area (Å²) >= 11 is 0. The molecule has 2 aromatic rings. The lowest BCUT2D eigenvalue weighted by atomic mass is 9.96.